The van der Waals surface area contributed by atoms with Crippen LogP contribution in [0.5, 0.6) is 5.75 Å². The maximum absolute atomic E-state index is 5.30. The number of benzene rings is 1. The smallest absolute Gasteiger partial charge is 0.144 e. The van der Waals surface area contributed by atoms with E-state index in [0.29, 0.717) is 6.04 Å². The monoisotopic (exact) mass is 192 g/mol. The molecular formula is C11H16N2O. The lowest BCUT2D eigenvalue weighted by Crippen LogP contribution is -2.14. The molecule has 1 atom stereocenters. The van der Waals surface area contributed by atoms with Crippen LogP contribution in [0, 0.1) is 0 Å². The van der Waals surface area contributed by atoms with Gasteiger partial charge in [-0.15, -0.1) is 0 Å². The molecular weight excluding hydrogens is 176 g/mol. The molecule has 1 aromatic rings. The Kier molecular flexibility index (Phi) is 2.48. The standard InChI is InChI=1S/C11H16N2O/c1-8-6-7-12-11-9(13-8)4-3-5-10(11)14-2/h3-5,8,12-13H,6-7H2,1-2H3. The molecule has 0 saturated carbocycles. The summed E-state index contributed by atoms with van der Waals surface area (Å²) in [6.07, 6.45) is 1.12. The second kappa shape index (κ2) is 3.78. The van der Waals surface area contributed by atoms with Gasteiger partial charge in [0.25, 0.3) is 0 Å². The summed E-state index contributed by atoms with van der Waals surface area (Å²) in [5, 5.41) is 6.84. The Morgan fingerprint density at radius 1 is 1.43 bits per heavy atom. The van der Waals surface area contributed by atoms with E-state index in [1.54, 1.807) is 7.11 Å². The fraction of sp³-hybridized carbons (Fsp3) is 0.455. The lowest BCUT2D eigenvalue weighted by molar-refractivity contribution is 0.416. The minimum atomic E-state index is 0.510. The molecule has 2 rings (SSSR count). The van der Waals surface area contributed by atoms with E-state index in [1.165, 1.54) is 0 Å². The first-order valence-electron chi connectivity index (χ1n) is 4.98. The molecule has 14 heavy (non-hydrogen) atoms. The third-order valence-corrected chi connectivity index (χ3v) is 2.53. The predicted molar refractivity (Wildman–Crippen MR) is 59.2 cm³/mol. The Balaban J connectivity index is 2.38. The highest BCUT2D eigenvalue weighted by Crippen LogP contribution is 2.34. The molecule has 1 unspecified atom stereocenters. The summed E-state index contributed by atoms with van der Waals surface area (Å²) >= 11 is 0. The molecule has 0 bridgehead atoms. The fourth-order valence-electron chi connectivity index (χ4n) is 1.76. The number of para-hydroxylation sites is 1. The SMILES string of the molecule is COc1cccc2c1NCCC(C)N2. The van der Waals surface area contributed by atoms with Crippen LogP contribution in [0.4, 0.5) is 11.4 Å². The number of rotatable bonds is 1. The third kappa shape index (κ3) is 1.62. The fourth-order valence-corrected chi connectivity index (χ4v) is 1.76. The quantitative estimate of drug-likeness (QED) is 0.716. The second-order valence-corrected chi connectivity index (χ2v) is 3.64. The summed E-state index contributed by atoms with van der Waals surface area (Å²) in [5.74, 6) is 0.907. The molecule has 1 aliphatic rings. The van der Waals surface area contributed by atoms with Gasteiger partial charge in [0, 0.05) is 12.6 Å². The average molecular weight is 192 g/mol. The number of anilines is 2. The minimum absolute atomic E-state index is 0.510. The molecule has 0 aromatic heterocycles. The maximum atomic E-state index is 5.30. The molecule has 0 saturated heterocycles. The van der Waals surface area contributed by atoms with Gasteiger partial charge < -0.3 is 15.4 Å². The normalized spacial score (nSPS) is 20.0. The number of hydrogen-bond acceptors (Lipinski definition) is 3. The molecule has 76 valence electrons. The van der Waals surface area contributed by atoms with Crippen LogP contribution in [0.1, 0.15) is 13.3 Å². The highest BCUT2D eigenvalue weighted by Gasteiger charge is 2.14. The zero-order valence-electron chi connectivity index (χ0n) is 8.63. The Morgan fingerprint density at radius 3 is 3.07 bits per heavy atom. The highest BCUT2D eigenvalue weighted by atomic mass is 16.5. The van der Waals surface area contributed by atoms with Crippen LogP contribution in [0.15, 0.2) is 18.2 Å². The van der Waals surface area contributed by atoms with E-state index < -0.39 is 0 Å². The van der Waals surface area contributed by atoms with Crippen molar-refractivity contribution in [2.45, 2.75) is 19.4 Å². The van der Waals surface area contributed by atoms with Gasteiger partial charge in [-0.1, -0.05) is 6.07 Å². The molecule has 0 spiro atoms. The van der Waals surface area contributed by atoms with Crippen LogP contribution < -0.4 is 15.4 Å². The zero-order valence-corrected chi connectivity index (χ0v) is 8.63. The molecule has 0 aliphatic carbocycles. The lowest BCUT2D eigenvalue weighted by Gasteiger charge is -2.14. The Bertz CT molecular complexity index is 325. The van der Waals surface area contributed by atoms with Crippen molar-refractivity contribution in [3.05, 3.63) is 18.2 Å². The molecule has 0 fully saturated rings. The predicted octanol–water partition coefficient (Wildman–Crippen LogP) is 2.31. The van der Waals surface area contributed by atoms with Gasteiger partial charge in [-0.2, -0.15) is 0 Å². The second-order valence-electron chi connectivity index (χ2n) is 3.64. The zero-order chi connectivity index (χ0) is 9.97. The first-order chi connectivity index (χ1) is 6.81. The molecule has 0 radical (unpaired) electrons. The molecule has 1 heterocycles. The van der Waals surface area contributed by atoms with Gasteiger partial charge in [-0.3, -0.25) is 0 Å². The van der Waals surface area contributed by atoms with E-state index in [0.717, 1.165) is 30.1 Å². The minimum Gasteiger partial charge on any atom is -0.495 e. The van der Waals surface area contributed by atoms with Crippen LogP contribution >= 0.6 is 0 Å². The molecule has 1 aromatic carbocycles. The van der Waals surface area contributed by atoms with E-state index in [2.05, 4.69) is 23.6 Å². The number of nitrogens with one attached hydrogen (secondary N) is 2. The first-order valence-corrected chi connectivity index (χ1v) is 4.98. The van der Waals surface area contributed by atoms with Crippen molar-refractivity contribution in [2.75, 3.05) is 24.3 Å². The Morgan fingerprint density at radius 2 is 2.29 bits per heavy atom. The van der Waals surface area contributed by atoms with Crippen LogP contribution in [0.25, 0.3) is 0 Å². The highest BCUT2D eigenvalue weighted by molar-refractivity contribution is 5.76. The van der Waals surface area contributed by atoms with Crippen LogP contribution in [-0.4, -0.2) is 19.7 Å². The van der Waals surface area contributed by atoms with Gasteiger partial charge in [0.05, 0.1) is 12.8 Å². The van der Waals surface area contributed by atoms with Gasteiger partial charge in [0.15, 0.2) is 0 Å². The molecule has 2 N–H and O–H groups in total. The summed E-state index contributed by atoms with van der Waals surface area (Å²) in [6, 6.07) is 6.57. The van der Waals surface area contributed by atoms with Crippen LogP contribution in [-0.2, 0) is 0 Å². The van der Waals surface area contributed by atoms with Gasteiger partial charge >= 0.3 is 0 Å². The topological polar surface area (TPSA) is 33.3 Å². The number of hydrogen-bond donors (Lipinski definition) is 2. The maximum Gasteiger partial charge on any atom is 0.144 e. The Labute approximate surface area is 84.5 Å². The van der Waals surface area contributed by atoms with E-state index in [1.807, 2.05) is 12.1 Å². The van der Waals surface area contributed by atoms with Gasteiger partial charge in [-0.05, 0) is 25.5 Å². The summed E-state index contributed by atoms with van der Waals surface area (Å²) in [4.78, 5) is 0. The lowest BCUT2D eigenvalue weighted by atomic mass is 10.2. The summed E-state index contributed by atoms with van der Waals surface area (Å²) in [6.45, 7) is 3.18. The Hall–Kier alpha value is -1.38. The van der Waals surface area contributed by atoms with Crippen molar-refractivity contribution in [3.8, 4) is 5.75 Å². The molecule has 0 amide bonds. The van der Waals surface area contributed by atoms with Gasteiger partial charge in [0.2, 0.25) is 0 Å². The number of fused-ring (bicyclic) bond motifs is 1. The van der Waals surface area contributed by atoms with Crippen molar-refractivity contribution in [3.63, 3.8) is 0 Å². The molecule has 3 nitrogen and oxygen atoms in total. The average Bonchev–Trinajstić information content (AvgIpc) is 2.37. The van der Waals surface area contributed by atoms with Crippen LogP contribution in [0.2, 0.25) is 0 Å². The van der Waals surface area contributed by atoms with Gasteiger partial charge in [0.1, 0.15) is 11.4 Å². The van der Waals surface area contributed by atoms with Gasteiger partial charge in [-0.25, -0.2) is 0 Å². The van der Waals surface area contributed by atoms with Crippen molar-refractivity contribution < 1.29 is 4.74 Å². The van der Waals surface area contributed by atoms with E-state index in [-0.39, 0.29) is 0 Å². The number of methoxy groups -OCH3 is 1. The van der Waals surface area contributed by atoms with E-state index in [4.69, 9.17) is 4.74 Å². The summed E-state index contributed by atoms with van der Waals surface area (Å²) < 4.78 is 5.30. The third-order valence-electron chi connectivity index (χ3n) is 2.53. The molecule has 1 aliphatic heterocycles. The largest absolute Gasteiger partial charge is 0.495 e. The molecule has 3 heteroatoms. The van der Waals surface area contributed by atoms with Crippen molar-refractivity contribution in [1.82, 2.24) is 0 Å². The summed E-state index contributed by atoms with van der Waals surface area (Å²) in [5.41, 5.74) is 2.22. The first kappa shape index (κ1) is 9.19. The van der Waals surface area contributed by atoms with Crippen LogP contribution in [0.3, 0.4) is 0 Å². The van der Waals surface area contributed by atoms with Crippen molar-refractivity contribution in [2.24, 2.45) is 0 Å². The van der Waals surface area contributed by atoms with Crippen molar-refractivity contribution in [1.29, 1.82) is 0 Å². The van der Waals surface area contributed by atoms with Crippen molar-refractivity contribution >= 4 is 11.4 Å². The van der Waals surface area contributed by atoms with E-state index >= 15 is 0 Å². The number of ether oxygens (including phenoxy) is 1. The van der Waals surface area contributed by atoms with E-state index in [9.17, 15) is 0 Å². The summed E-state index contributed by atoms with van der Waals surface area (Å²) in [7, 11) is 1.70.